The molecule has 0 unspecified atom stereocenters. The highest BCUT2D eigenvalue weighted by molar-refractivity contribution is 5.81. The molecule has 1 aliphatic carbocycles. The van der Waals surface area contributed by atoms with Crippen LogP contribution in [0.3, 0.4) is 0 Å². The molecule has 3 nitrogen and oxygen atoms in total. The minimum absolute atomic E-state index is 0.219. The molecular weight excluding hydrogens is 324 g/mol. The fourth-order valence-corrected chi connectivity index (χ4v) is 3.14. The van der Waals surface area contributed by atoms with E-state index in [1.807, 2.05) is 27.7 Å². The second-order valence-electron chi connectivity index (χ2n) is 8.05. The molecule has 1 aliphatic rings. The second kappa shape index (κ2) is 9.89. The van der Waals surface area contributed by atoms with Crippen LogP contribution in [0.4, 0.5) is 0 Å². The molecular formula is C23H36O3. The highest BCUT2D eigenvalue weighted by Gasteiger charge is 2.49. The van der Waals surface area contributed by atoms with Gasteiger partial charge in [-0.25, -0.2) is 0 Å². The lowest BCUT2D eigenvalue weighted by atomic mass is 9.83. The Balaban J connectivity index is 0.00000163. The zero-order valence-corrected chi connectivity index (χ0v) is 17.2. The highest BCUT2D eigenvalue weighted by Crippen LogP contribution is 2.49. The van der Waals surface area contributed by atoms with Gasteiger partial charge in [-0.2, -0.15) is 0 Å². The molecule has 0 heterocycles. The van der Waals surface area contributed by atoms with Gasteiger partial charge in [-0.15, -0.1) is 0 Å². The van der Waals surface area contributed by atoms with E-state index in [-0.39, 0.29) is 11.2 Å². The third-order valence-corrected chi connectivity index (χ3v) is 5.67. The average molecular weight is 361 g/mol. The number of carbonyl (C=O) groups is 2. The van der Waals surface area contributed by atoms with E-state index in [0.717, 1.165) is 51.4 Å². The number of carbonyl (C=O) groups excluding carboxylic acids is 1. The summed E-state index contributed by atoms with van der Waals surface area (Å²) < 4.78 is 0. The molecule has 0 aromatic heterocycles. The molecule has 26 heavy (non-hydrogen) atoms. The number of hydrogen-bond acceptors (Lipinski definition) is 2. The maximum atomic E-state index is 11.5. The normalized spacial score (nSPS) is 15.0. The molecule has 0 aliphatic heterocycles. The molecule has 3 heteroatoms. The van der Waals surface area contributed by atoms with Crippen LogP contribution in [0, 0.1) is 10.8 Å². The first kappa shape index (κ1) is 22.4. The summed E-state index contributed by atoms with van der Waals surface area (Å²) in [5.41, 5.74) is 1.97. The third-order valence-electron chi connectivity index (χ3n) is 5.67. The average Bonchev–Trinajstić information content (AvgIpc) is 3.39. The number of aliphatic carboxylic acids is 1. The molecule has 0 atom stereocenters. The summed E-state index contributed by atoms with van der Waals surface area (Å²) >= 11 is 0. The van der Waals surface area contributed by atoms with Gasteiger partial charge in [0.25, 0.3) is 0 Å². The van der Waals surface area contributed by atoms with E-state index in [1.54, 1.807) is 6.92 Å². The Morgan fingerprint density at radius 2 is 1.46 bits per heavy atom. The van der Waals surface area contributed by atoms with E-state index < -0.39 is 11.4 Å². The van der Waals surface area contributed by atoms with Crippen LogP contribution in [0.1, 0.15) is 84.3 Å². The molecule has 1 N–H and O–H groups in total. The van der Waals surface area contributed by atoms with Crippen molar-refractivity contribution in [2.75, 3.05) is 0 Å². The van der Waals surface area contributed by atoms with E-state index in [4.69, 9.17) is 0 Å². The topological polar surface area (TPSA) is 54.4 Å². The van der Waals surface area contributed by atoms with Gasteiger partial charge in [0.2, 0.25) is 0 Å². The lowest BCUT2D eigenvalue weighted by molar-refractivity contribution is -0.143. The van der Waals surface area contributed by atoms with E-state index in [0.29, 0.717) is 0 Å². The van der Waals surface area contributed by atoms with Crippen molar-refractivity contribution in [3.05, 3.63) is 35.4 Å². The van der Waals surface area contributed by atoms with Crippen LogP contribution in [0.25, 0.3) is 0 Å². The Labute approximate surface area is 159 Å². The van der Waals surface area contributed by atoms with Crippen molar-refractivity contribution in [3.8, 4) is 0 Å². The monoisotopic (exact) mass is 360 g/mol. The summed E-state index contributed by atoms with van der Waals surface area (Å²) in [6, 6.07) is 8.65. The standard InChI is InChI=1S/C21H30O3.C2H6/c1-16(22)20(2,3)12-4-6-17-8-10-18(11-9-17)7-5-13-21(14-15-21)19(23)24;1-2/h8-11H,4-7,12-15H2,1-3H3,(H,23,24);1-2H3. The van der Waals surface area contributed by atoms with Gasteiger partial charge in [0, 0.05) is 5.41 Å². The fourth-order valence-electron chi connectivity index (χ4n) is 3.14. The van der Waals surface area contributed by atoms with Crippen LogP contribution in [-0.2, 0) is 22.4 Å². The zero-order valence-electron chi connectivity index (χ0n) is 17.2. The molecule has 0 amide bonds. The maximum Gasteiger partial charge on any atom is 0.309 e. The highest BCUT2D eigenvalue weighted by atomic mass is 16.4. The first-order chi connectivity index (χ1) is 12.3. The third kappa shape index (κ3) is 6.59. The van der Waals surface area contributed by atoms with Crippen molar-refractivity contribution < 1.29 is 14.7 Å². The van der Waals surface area contributed by atoms with Gasteiger partial charge in [-0.05, 0) is 69.4 Å². The van der Waals surface area contributed by atoms with Gasteiger partial charge in [0.1, 0.15) is 5.78 Å². The molecule has 1 saturated carbocycles. The van der Waals surface area contributed by atoms with Crippen LogP contribution in [-0.4, -0.2) is 16.9 Å². The second-order valence-corrected chi connectivity index (χ2v) is 8.05. The first-order valence-corrected chi connectivity index (χ1v) is 10.1. The van der Waals surface area contributed by atoms with Gasteiger partial charge < -0.3 is 5.11 Å². The fraction of sp³-hybridized carbons (Fsp3) is 0.652. The summed E-state index contributed by atoms with van der Waals surface area (Å²) in [5, 5.41) is 9.19. The van der Waals surface area contributed by atoms with Crippen molar-refractivity contribution in [2.24, 2.45) is 10.8 Å². The summed E-state index contributed by atoms with van der Waals surface area (Å²) in [4.78, 5) is 22.7. The molecule has 0 bridgehead atoms. The number of Topliss-reactive ketones (excluding diaryl/α,β-unsaturated/α-hetero) is 1. The van der Waals surface area contributed by atoms with Gasteiger partial charge in [0.05, 0.1) is 5.41 Å². The van der Waals surface area contributed by atoms with Crippen molar-refractivity contribution >= 4 is 11.8 Å². The number of carboxylic acids is 1. The lowest BCUT2D eigenvalue weighted by Crippen LogP contribution is -2.21. The van der Waals surface area contributed by atoms with E-state index >= 15 is 0 Å². The summed E-state index contributed by atoms with van der Waals surface area (Å²) in [7, 11) is 0. The van der Waals surface area contributed by atoms with Crippen molar-refractivity contribution in [1.29, 1.82) is 0 Å². The number of aryl methyl sites for hydroxylation is 2. The van der Waals surface area contributed by atoms with Crippen molar-refractivity contribution in [1.82, 2.24) is 0 Å². The van der Waals surface area contributed by atoms with E-state index in [1.165, 1.54) is 11.1 Å². The minimum Gasteiger partial charge on any atom is -0.481 e. The largest absolute Gasteiger partial charge is 0.481 e. The van der Waals surface area contributed by atoms with Crippen LogP contribution in [0.5, 0.6) is 0 Å². The quantitative estimate of drug-likeness (QED) is 0.570. The SMILES string of the molecule is CC.CC(=O)C(C)(C)CCCc1ccc(CCCC2(C(=O)O)CC2)cc1. The van der Waals surface area contributed by atoms with Crippen LogP contribution in [0.15, 0.2) is 24.3 Å². The van der Waals surface area contributed by atoms with E-state index in [9.17, 15) is 14.7 Å². The molecule has 0 saturated heterocycles. The van der Waals surface area contributed by atoms with Crippen LogP contribution in [0.2, 0.25) is 0 Å². The smallest absolute Gasteiger partial charge is 0.309 e. The van der Waals surface area contributed by atoms with Gasteiger partial charge in [-0.3, -0.25) is 9.59 Å². The summed E-state index contributed by atoms with van der Waals surface area (Å²) in [6.45, 7) is 9.70. The summed E-state index contributed by atoms with van der Waals surface area (Å²) in [6.07, 6.45) is 7.32. The number of rotatable bonds is 10. The molecule has 2 rings (SSSR count). The number of ketones is 1. The Hall–Kier alpha value is -1.64. The van der Waals surface area contributed by atoms with Gasteiger partial charge in [0.15, 0.2) is 0 Å². The molecule has 1 aromatic carbocycles. The molecule has 146 valence electrons. The molecule has 0 spiro atoms. The van der Waals surface area contributed by atoms with Gasteiger partial charge >= 0.3 is 5.97 Å². The number of hydrogen-bond donors (Lipinski definition) is 1. The number of carboxylic acid groups (broad SMARTS) is 1. The minimum atomic E-state index is -0.619. The van der Waals surface area contributed by atoms with Crippen LogP contribution < -0.4 is 0 Å². The molecule has 1 aromatic rings. The predicted molar refractivity (Wildman–Crippen MR) is 107 cm³/mol. The Kier molecular flexibility index (Phi) is 8.52. The molecule has 1 fully saturated rings. The first-order valence-electron chi connectivity index (χ1n) is 10.1. The van der Waals surface area contributed by atoms with E-state index in [2.05, 4.69) is 24.3 Å². The predicted octanol–water partition coefficient (Wildman–Crippen LogP) is 5.84. The Morgan fingerprint density at radius 3 is 1.85 bits per heavy atom. The van der Waals surface area contributed by atoms with Crippen LogP contribution >= 0.6 is 0 Å². The van der Waals surface area contributed by atoms with Crippen molar-refractivity contribution in [3.63, 3.8) is 0 Å². The zero-order chi connectivity index (χ0) is 19.8. The van der Waals surface area contributed by atoms with Gasteiger partial charge in [-0.1, -0.05) is 52.0 Å². The summed E-state index contributed by atoms with van der Waals surface area (Å²) in [5.74, 6) is -0.362. The number of benzene rings is 1. The molecule has 0 radical (unpaired) electrons. The van der Waals surface area contributed by atoms with Crippen molar-refractivity contribution in [2.45, 2.75) is 86.0 Å². The Bertz CT molecular complexity index is 539. The maximum absolute atomic E-state index is 11.5. The Morgan fingerprint density at radius 1 is 1.00 bits per heavy atom. The lowest BCUT2D eigenvalue weighted by Gasteiger charge is -2.20.